The number of hydrogen-bond donors (Lipinski definition) is 1. The van der Waals surface area contributed by atoms with E-state index >= 15 is 0 Å². The molecule has 0 amide bonds. The molecule has 82 valence electrons. The molecule has 0 aliphatic carbocycles. The lowest BCUT2D eigenvalue weighted by atomic mass is 10.1. The van der Waals surface area contributed by atoms with Crippen molar-refractivity contribution in [2.45, 2.75) is 25.3 Å². The van der Waals surface area contributed by atoms with Gasteiger partial charge in [-0.05, 0) is 25.5 Å². The Morgan fingerprint density at radius 1 is 1.47 bits per heavy atom. The normalized spacial score (nSPS) is 21.3. The fourth-order valence-corrected chi connectivity index (χ4v) is 1.70. The van der Waals surface area contributed by atoms with Crippen molar-refractivity contribution >= 4 is 0 Å². The molecule has 1 aromatic heterocycles. The Hall–Kier alpha value is -1.16. The van der Waals surface area contributed by atoms with Gasteiger partial charge in [0, 0.05) is 12.1 Å². The van der Waals surface area contributed by atoms with Crippen LogP contribution in [0.25, 0.3) is 0 Å². The average molecular weight is 210 g/mol. The van der Waals surface area contributed by atoms with E-state index in [-0.39, 0.29) is 5.82 Å². The minimum Gasteiger partial charge on any atom is -0.476 e. The maximum atomic E-state index is 12.6. The number of pyridine rings is 1. The second-order valence-corrected chi connectivity index (χ2v) is 3.77. The van der Waals surface area contributed by atoms with Gasteiger partial charge in [-0.25, -0.2) is 9.37 Å². The number of ether oxygens (including phenoxy) is 1. The lowest BCUT2D eigenvalue weighted by molar-refractivity contribution is 0.231. The predicted octanol–water partition coefficient (Wildman–Crippen LogP) is 1.74. The Balaban J connectivity index is 1.79. The number of nitrogens with zero attached hydrogens (tertiary/aromatic N) is 1. The molecule has 1 fully saturated rings. The van der Waals surface area contributed by atoms with Crippen molar-refractivity contribution in [3.8, 4) is 5.88 Å². The molecule has 3 nitrogen and oxygen atoms in total. The Labute approximate surface area is 88.7 Å². The quantitative estimate of drug-likeness (QED) is 0.825. The summed E-state index contributed by atoms with van der Waals surface area (Å²) in [4.78, 5) is 3.84. The molecule has 1 N–H and O–H groups in total. The van der Waals surface area contributed by atoms with Crippen molar-refractivity contribution in [1.29, 1.82) is 0 Å². The van der Waals surface area contributed by atoms with Crippen LogP contribution in [0, 0.1) is 5.82 Å². The zero-order valence-corrected chi connectivity index (χ0v) is 8.58. The van der Waals surface area contributed by atoms with Gasteiger partial charge in [0.05, 0.1) is 6.20 Å². The summed E-state index contributed by atoms with van der Waals surface area (Å²) in [5.74, 6) is 0.155. The summed E-state index contributed by atoms with van der Waals surface area (Å²) >= 11 is 0. The summed E-state index contributed by atoms with van der Waals surface area (Å²) < 4.78 is 18.0. The van der Waals surface area contributed by atoms with Crippen LogP contribution >= 0.6 is 0 Å². The van der Waals surface area contributed by atoms with Crippen LogP contribution in [-0.2, 0) is 0 Å². The van der Waals surface area contributed by atoms with Crippen LogP contribution in [0.4, 0.5) is 4.39 Å². The third-order valence-electron chi connectivity index (χ3n) is 2.55. The van der Waals surface area contributed by atoms with Crippen molar-refractivity contribution in [2.75, 3.05) is 13.2 Å². The lowest BCUT2D eigenvalue weighted by Gasteiger charge is -2.23. The molecule has 0 spiro atoms. The molecule has 1 aliphatic heterocycles. The maximum absolute atomic E-state index is 12.6. The lowest BCUT2D eigenvalue weighted by Crippen LogP contribution is -2.38. The highest BCUT2D eigenvalue weighted by Crippen LogP contribution is 2.10. The van der Waals surface area contributed by atoms with Crippen LogP contribution in [0.1, 0.15) is 19.3 Å². The number of nitrogens with one attached hydrogen (secondary N) is 1. The molecule has 0 saturated carbocycles. The van der Waals surface area contributed by atoms with E-state index < -0.39 is 0 Å². The van der Waals surface area contributed by atoms with Crippen LogP contribution in [-0.4, -0.2) is 24.2 Å². The van der Waals surface area contributed by atoms with E-state index in [1.165, 1.54) is 25.1 Å². The first-order valence-corrected chi connectivity index (χ1v) is 5.32. The van der Waals surface area contributed by atoms with E-state index in [4.69, 9.17) is 4.74 Å². The highest BCUT2D eigenvalue weighted by atomic mass is 19.1. The van der Waals surface area contributed by atoms with Gasteiger partial charge in [0.25, 0.3) is 0 Å². The Kier molecular flexibility index (Phi) is 3.50. The van der Waals surface area contributed by atoms with Crippen LogP contribution in [0.2, 0.25) is 0 Å². The predicted molar refractivity (Wildman–Crippen MR) is 55.3 cm³/mol. The first-order valence-electron chi connectivity index (χ1n) is 5.32. The minimum absolute atomic E-state index is 0.335. The van der Waals surface area contributed by atoms with E-state index in [0.29, 0.717) is 18.5 Å². The van der Waals surface area contributed by atoms with Crippen LogP contribution < -0.4 is 10.1 Å². The molecule has 0 aromatic carbocycles. The first kappa shape index (κ1) is 10.4. The molecular weight excluding hydrogens is 195 g/mol. The van der Waals surface area contributed by atoms with Gasteiger partial charge < -0.3 is 10.1 Å². The third kappa shape index (κ3) is 3.16. The monoisotopic (exact) mass is 210 g/mol. The molecule has 0 radical (unpaired) electrons. The largest absolute Gasteiger partial charge is 0.476 e. The average Bonchev–Trinajstić information content (AvgIpc) is 2.30. The molecule has 1 aromatic rings. The summed E-state index contributed by atoms with van der Waals surface area (Å²) in [7, 11) is 0. The van der Waals surface area contributed by atoms with Crippen molar-refractivity contribution < 1.29 is 9.13 Å². The number of aromatic nitrogens is 1. The molecule has 1 saturated heterocycles. The van der Waals surface area contributed by atoms with Gasteiger partial charge in [0.15, 0.2) is 0 Å². The van der Waals surface area contributed by atoms with E-state index in [9.17, 15) is 4.39 Å². The van der Waals surface area contributed by atoms with Gasteiger partial charge in [-0.2, -0.15) is 0 Å². The second-order valence-electron chi connectivity index (χ2n) is 3.77. The van der Waals surface area contributed by atoms with Gasteiger partial charge in [-0.1, -0.05) is 6.42 Å². The summed E-state index contributed by atoms with van der Waals surface area (Å²) in [6.07, 6.45) is 4.80. The van der Waals surface area contributed by atoms with Crippen LogP contribution in [0.15, 0.2) is 18.3 Å². The van der Waals surface area contributed by atoms with Gasteiger partial charge in [-0.15, -0.1) is 0 Å². The van der Waals surface area contributed by atoms with Crippen molar-refractivity contribution in [3.05, 3.63) is 24.1 Å². The molecule has 1 atom stereocenters. The summed E-state index contributed by atoms with van der Waals surface area (Å²) in [5.41, 5.74) is 0. The number of halogens is 1. The summed E-state index contributed by atoms with van der Waals surface area (Å²) in [5, 5.41) is 3.37. The summed E-state index contributed by atoms with van der Waals surface area (Å²) in [6, 6.07) is 3.32. The number of hydrogen-bond acceptors (Lipinski definition) is 3. The van der Waals surface area contributed by atoms with Crippen molar-refractivity contribution in [1.82, 2.24) is 10.3 Å². The van der Waals surface area contributed by atoms with Gasteiger partial charge >= 0.3 is 0 Å². The van der Waals surface area contributed by atoms with Crippen molar-refractivity contribution in [2.24, 2.45) is 0 Å². The van der Waals surface area contributed by atoms with Crippen LogP contribution in [0.5, 0.6) is 5.88 Å². The number of rotatable bonds is 3. The van der Waals surface area contributed by atoms with Gasteiger partial charge in [0.2, 0.25) is 5.88 Å². The highest BCUT2D eigenvalue weighted by Gasteiger charge is 2.12. The molecular formula is C11H15FN2O. The van der Waals surface area contributed by atoms with Gasteiger partial charge in [0.1, 0.15) is 12.4 Å². The first-order chi connectivity index (χ1) is 7.34. The van der Waals surface area contributed by atoms with E-state index in [0.717, 1.165) is 13.0 Å². The number of piperidine rings is 1. The topological polar surface area (TPSA) is 34.1 Å². The molecule has 0 bridgehead atoms. The molecule has 2 heterocycles. The zero-order valence-electron chi connectivity index (χ0n) is 8.58. The van der Waals surface area contributed by atoms with Crippen LogP contribution in [0.3, 0.4) is 0 Å². The fourth-order valence-electron chi connectivity index (χ4n) is 1.70. The minimum atomic E-state index is -0.335. The molecule has 1 unspecified atom stereocenters. The molecule has 15 heavy (non-hydrogen) atoms. The molecule has 2 rings (SSSR count). The third-order valence-corrected chi connectivity index (χ3v) is 2.55. The molecule has 1 aliphatic rings. The standard InChI is InChI=1S/C11H15FN2O/c12-9-4-5-11(14-7-9)15-8-10-3-1-2-6-13-10/h4-5,7,10,13H,1-3,6,8H2. The fraction of sp³-hybridized carbons (Fsp3) is 0.545. The highest BCUT2D eigenvalue weighted by molar-refractivity contribution is 5.10. The second kappa shape index (κ2) is 5.07. The summed E-state index contributed by atoms with van der Waals surface area (Å²) in [6.45, 7) is 1.67. The SMILES string of the molecule is Fc1ccc(OCC2CCCCN2)nc1. The maximum Gasteiger partial charge on any atom is 0.213 e. The Morgan fingerprint density at radius 3 is 3.07 bits per heavy atom. The Morgan fingerprint density at radius 2 is 2.40 bits per heavy atom. The van der Waals surface area contributed by atoms with E-state index in [2.05, 4.69) is 10.3 Å². The smallest absolute Gasteiger partial charge is 0.213 e. The molecule has 4 heteroatoms. The zero-order chi connectivity index (χ0) is 10.5. The van der Waals surface area contributed by atoms with Crippen molar-refractivity contribution in [3.63, 3.8) is 0 Å². The van der Waals surface area contributed by atoms with E-state index in [1.807, 2.05) is 0 Å². The van der Waals surface area contributed by atoms with Gasteiger partial charge in [-0.3, -0.25) is 0 Å². The van der Waals surface area contributed by atoms with E-state index in [1.54, 1.807) is 6.07 Å². The Bertz CT molecular complexity index is 296.